The van der Waals surface area contributed by atoms with Crippen LogP contribution in [0.3, 0.4) is 0 Å². The second kappa shape index (κ2) is 8.00. The highest BCUT2D eigenvalue weighted by atomic mass is 16.5. The Kier molecular flexibility index (Phi) is 5.29. The molecule has 1 aromatic heterocycles. The van der Waals surface area contributed by atoms with Crippen LogP contribution in [0.2, 0.25) is 0 Å². The number of para-hydroxylation sites is 1. The zero-order valence-electron chi connectivity index (χ0n) is 15.7. The highest BCUT2D eigenvalue weighted by Gasteiger charge is 2.22. The molecule has 1 atom stereocenters. The first-order valence-electron chi connectivity index (χ1n) is 9.54. The van der Waals surface area contributed by atoms with Crippen molar-refractivity contribution in [1.82, 2.24) is 9.97 Å². The van der Waals surface area contributed by atoms with Crippen LogP contribution in [0.4, 0.5) is 11.8 Å². The summed E-state index contributed by atoms with van der Waals surface area (Å²) in [4.78, 5) is 13.6. The molecule has 3 heterocycles. The van der Waals surface area contributed by atoms with Gasteiger partial charge in [0.1, 0.15) is 5.82 Å². The molecule has 1 unspecified atom stereocenters. The number of hydrogen-bond acceptors (Lipinski definition) is 7. The molecule has 0 amide bonds. The van der Waals surface area contributed by atoms with Gasteiger partial charge in [-0.3, -0.25) is 0 Å². The lowest BCUT2D eigenvalue weighted by Gasteiger charge is -2.32. The van der Waals surface area contributed by atoms with Gasteiger partial charge >= 0.3 is 0 Å². The van der Waals surface area contributed by atoms with E-state index in [0.717, 1.165) is 55.2 Å². The molecule has 2 aromatic rings. The Labute approximate surface area is 159 Å². The maximum absolute atomic E-state index is 9.96. The average Bonchev–Trinajstić information content (AvgIpc) is 2.68. The number of fused-ring (bicyclic) bond motifs is 1. The third kappa shape index (κ3) is 3.93. The number of aromatic nitrogens is 2. The van der Waals surface area contributed by atoms with Crippen LogP contribution in [0.5, 0.6) is 11.5 Å². The van der Waals surface area contributed by atoms with Crippen molar-refractivity contribution in [2.45, 2.75) is 31.9 Å². The van der Waals surface area contributed by atoms with Crippen molar-refractivity contribution >= 4 is 11.8 Å². The summed E-state index contributed by atoms with van der Waals surface area (Å²) in [5.74, 6) is 3.15. The fourth-order valence-corrected chi connectivity index (χ4v) is 3.73. The van der Waals surface area contributed by atoms with E-state index in [0.29, 0.717) is 25.6 Å². The molecular formula is C20H26N4O3. The van der Waals surface area contributed by atoms with E-state index < -0.39 is 0 Å². The van der Waals surface area contributed by atoms with Gasteiger partial charge in [0, 0.05) is 37.9 Å². The minimum absolute atomic E-state index is 0.282. The third-order valence-electron chi connectivity index (χ3n) is 5.09. The summed E-state index contributed by atoms with van der Waals surface area (Å²) in [5.41, 5.74) is 1.07. The predicted octanol–water partition coefficient (Wildman–Crippen LogP) is 2.24. The summed E-state index contributed by atoms with van der Waals surface area (Å²) in [6.07, 6.45) is 4.25. The van der Waals surface area contributed by atoms with Gasteiger partial charge in [-0.15, -0.1) is 0 Å². The van der Waals surface area contributed by atoms with Gasteiger partial charge in [-0.05, 0) is 31.4 Å². The first-order chi connectivity index (χ1) is 13.2. The second-order valence-corrected chi connectivity index (χ2v) is 7.03. The number of methoxy groups -OCH3 is 1. The molecular weight excluding hydrogens is 344 g/mol. The molecule has 0 radical (unpaired) electrons. The summed E-state index contributed by atoms with van der Waals surface area (Å²) in [7, 11) is 1.66. The van der Waals surface area contributed by atoms with E-state index >= 15 is 0 Å². The molecule has 7 heteroatoms. The Balaban J connectivity index is 1.60. The van der Waals surface area contributed by atoms with Gasteiger partial charge < -0.3 is 24.4 Å². The standard InChI is InChI=1S/C20H26N4O3/c1-26-17-7-2-5-15-13-24(11-4-12-27-19(15)17)20-21-9-8-18(22-20)23-10-3-6-16(25)14-23/h2,5,7-9,16,25H,3-4,6,10-14H2,1H3. The molecule has 7 nitrogen and oxygen atoms in total. The summed E-state index contributed by atoms with van der Waals surface area (Å²) >= 11 is 0. The minimum atomic E-state index is -0.282. The third-order valence-corrected chi connectivity index (χ3v) is 5.09. The van der Waals surface area contributed by atoms with Crippen LogP contribution < -0.4 is 19.3 Å². The molecule has 2 aliphatic heterocycles. The van der Waals surface area contributed by atoms with Gasteiger partial charge in [0.15, 0.2) is 11.5 Å². The number of rotatable bonds is 3. The van der Waals surface area contributed by atoms with Crippen LogP contribution in [-0.4, -0.2) is 54.5 Å². The molecule has 27 heavy (non-hydrogen) atoms. The summed E-state index contributed by atoms with van der Waals surface area (Å²) in [6.45, 7) is 3.66. The Morgan fingerprint density at radius 1 is 1.19 bits per heavy atom. The summed E-state index contributed by atoms with van der Waals surface area (Å²) in [5, 5.41) is 9.96. The number of benzene rings is 1. The Morgan fingerprint density at radius 3 is 2.93 bits per heavy atom. The van der Waals surface area contributed by atoms with Crippen LogP contribution >= 0.6 is 0 Å². The van der Waals surface area contributed by atoms with Crippen molar-refractivity contribution in [2.24, 2.45) is 0 Å². The van der Waals surface area contributed by atoms with Gasteiger partial charge in [0.25, 0.3) is 0 Å². The predicted molar refractivity (Wildman–Crippen MR) is 104 cm³/mol. The van der Waals surface area contributed by atoms with Crippen molar-refractivity contribution in [1.29, 1.82) is 0 Å². The van der Waals surface area contributed by atoms with E-state index in [4.69, 9.17) is 14.5 Å². The Bertz CT molecular complexity index is 786. The van der Waals surface area contributed by atoms with Crippen molar-refractivity contribution in [3.8, 4) is 11.5 Å². The number of ether oxygens (including phenoxy) is 2. The first-order valence-corrected chi connectivity index (χ1v) is 9.54. The monoisotopic (exact) mass is 370 g/mol. The molecule has 0 spiro atoms. The maximum atomic E-state index is 9.96. The van der Waals surface area contributed by atoms with E-state index in [1.54, 1.807) is 13.3 Å². The van der Waals surface area contributed by atoms with Crippen molar-refractivity contribution in [3.63, 3.8) is 0 Å². The molecule has 4 rings (SSSR count). The number of β-amino-alcohol motifs (C(OH)–C–C–N with tert-alkyl or cyclic N) is 1. The lowest BCUT2D eigenvalue weighted by atomic mass is 10.1. The molecule has 1 saturated heterocycles. The van der Waals surface area contributed by atoms with Gasteiger partial charge in [-0.25, -0.2) is 4.98 Å². The fourth-order valence-electron chi connectivity index (χ4n) is 3.73. The number of hydrogen-bond donors (Lipinski definition) is 1. The molecule has 2 aliphatic rings. The number of nitrogens with zero attached hydrogens (tertiary/aromatic N) is 4. The molecule has 0 aliphatic carbocycles. The Hall–Kier alpha value is -2.54. The Morgan fingerprint density at radius 2 is 2.07 bits per heavy atom. The van der Waals surface area contributed by atoms with Crippen LogP contribution in [-0.2, 0) is 6.54 Å². The van der Waals surface area contributed by atoms with E-state index in [9.17, 15) is 5.11 Å². The highest BCUT2D eigenvalue weighted by Crippen LogP contribution is 2.34. The zero-order chi connectivity index (χ0) is 18.6. The summed E-state index contributed by atoms with van der Waals surface area (Å²) in [6, 6.07) is 7.88. The second-order valence-electron chi connectivity index (χ2n) is 7.03. The average molecular weight is 370 g/mol. The van der Waals surface area contributed by atoms with Gasteiger partial charge in [0.2, 0.25) is 5.95 Å². The van der Waals surface area contributed by atoms with Crippen LogP contribution in [0.25, 0.3) is 0 Å². The molecule has 0 bridgehead atoms. The lowest BCUT2D eigenvalue weighted by molar-refractivity contribution is 0.154. The number of piperidine rings is 1. The minimum Gasteiger partial charge on any atom is -0.493 e. The number of aliphatic hydroxyl groups excluding tert-OH is 1. The van der Waals surface area contributed by atoms with E-state index in [2.05, 4.69) is 20.9 Å². The highest BCUT2D eigenvalue weighted by molar-refractivity contribution is 5.50. The van der Waals surface area contributed by atoms with Crippen molar-refractivity contribution in [3.05, 3.63) is 36.0 Å². The van der Waals surface area contributed by atoms with Crippen LogP contribution in [0.1, 0.15) is 24.8 Å². The van der Waals surface area contributed by atoms with Crippen LogP contribution in [0.15, 0.2) is 30.5 Å². The van der Waals surface area contributed by atoms with Gasteiger partial charge in [-0.1, -0.05) is 12.1 Å². The van der Waals surface area contributed by atoms with E-state index in [1.807, 2.05) is 18.2 Å². The lowest BCUT2D eigenvalue weighted by Crippen LogP contribution is -2.39. The molecule has 1 N–H and O–H groups in total. The smallest absolute Gasteiger partial charge is 0.227 e. The quantitative estimate of drug-likeness (QED) is 0.888. The molecule has 0 saturated carbocycles. The summed E-state index contributed by atoms with van der Waals surface area (Å²) < 4.78 is 11.4. The van der Waals surface area contributed by atoms with E-state index in [1.165, 1.54) is 0 Å². The normalized spacial score (nSPS) is 20.3. The van der Waals surface area contributed by atoms with E-state index in [-0.39, 0.29) is 6.10 Å². The largest absolute Gasteiger partial charge is 0.493 e. The SMILES string of the molecule is COc1cccc2c1OCCCN(c1nccc(N3CCCC(O)C3)n1)C2. The first kappa shape index (κ1) is 17.9. The fraction of sp³-hybridized carbons (Fsp3) is 0.500. The van der Waals surface area contributed by atoms with Gasteiger partial charge in [0.05, 0.1) is 19.8 Å². The number of aliphatic hydroxyl groups is 1. The number of anilines is 2. The van der Waals surface area contributed by atoms with Crippen LogP contribution in [0, 0.1) is 0 Å². The molecule has 1 aromatic carbocycles. The van der Waals surface area contributed by atoms with Crippen molar-refractivity contribution in [2.75, 3.05) is 43.2 Å². The topological polar surface area (TPSA) is 71.0 Å². The van der Waals surface area contributed by atoms with Crippen molar-refractivity contribution < 1.29 is 14.6 Å². The van der Waals surface area contributed by atoms with Gasteiger partial charge in [-0.2, -0.15) is 4.98 Å². The maximum Gasteiger partial charge on any atom is 0.227 e. The molecule has 144 valence electrons. The molecule has 1 fully saturated rings. The zero-order valence-corrected chi connectivity index (χ0v) is 15.7.